The van der Waals surface area contributed by atoms with Gasteiger partial charge in [-0.15, -0.1) is 0 Å². The first-order valence-electron chi connectivity index (χ1n) is 28.4. The van der Waals surface area contributed by atoms with Crippen molar-refractivity contribution in [1.29, 1.82) is 0 Å². The van der Waals surface area contributed by atoms with Crippen molar-refractivity contribution >= 4 is 74.3 Å². The highest BCUT2D eigenvalue weighted by Gasteiger charge is 2.46. The van der Waals surface area contributed by atoms with Crippen molar-refractivity contribution in [1.82, 2.24) is 0 Å². The second-order valence-electron chi connectivity index (χ2n) is 28.6. The fourth-order valence-corrected chi connectivity index (χ4v) is 12.8. The average Bonchev–Trinajstić information content (AvgIpc) is 3.72. The Balaban J connectivity index is 1.22. The molecule has 4 heteroatoms. The molecule has 0 saturated heterocycles. The van der Waals surface area contributed by atoms with E-state index < -0.39 is 0 Å². The molecule has 0 spiro atoms. The van der Waals surface area contributed by atoms with Crippen LogP contribution in [0, 0.1) is 13.8 Å². The summed E-state index contributed by atoms with van der Waals surface area (Å²) in [5.41, 5.74) is 29.1. The van der Waals surface area contributed by atoms with Crippen LogP contribution in [0.15, 0.2) is 152 Å². The first-order valence-corrected chi connectivity index (χ1v) is 28.4. The van der Waals surface area contributed by atoms with Crippen LogP contribution in [0.4, 0.5) is 51.2 Å². The molecule has 77 heavy (non-hydrogen) atoms. The summed E-state index contributed by atoms with van der Waals surface area (Å²) >= 11 is 0. The molecule has 8 aromatic carbocycles. The van der Waals surface area contributed by atoms with Gasteiger partial charge >= 0.3 is 0 Å². The molecule has 0 radical (unpaired) electrons. The van der Waals surface area contributed by atoms with Crippen LogP contribution < -0.4 is 31.1 Å². The summed E-state index contributed by atoms with van der Waals surface area (Å²) in [5, 5.41) is 0. The lowest BCUT2D eigenvalue weighted by molar-refractivity contribution is 0.589. The molecule has 0 unspecified atom stereocenters. The van der Waals surface area contributed by atoms with Crippen LogP contribution in [0.3, 0.4) is 0 Å². The highest BCUT2D eigenvalue weighted by molar-refractivity contribution is 7.00. The van der Waals surface area contributed by atoms with Crippen molar-refractivity contribution in [3.63, 3.8) is 0 Å². The van der Waals surface area contributed by atoms with Crippen molar-refractivity contribution in [2.24, 2.45) is 0 Å². The summed E-state index contributed by atoms with van der Waals surface area (Å²) in [6.45, 7) is 44.4. The molecule has 8 aromatic rings. The van der Waals surface area contributed by atoms with Crippen LogP contribution in [0.5, 0.6) is 0 Å². The zero-order valence-corrected chi connectivity index (χ0v) is 49.9. The van der Waals surface area contributed by atoms with E-state index in [0.29, 0.717) is 0 Å². The van der Waals surface area contributed by atoms with Crippen LogP contribution >= 0.6 is 0 Å². The third-order valence-corrected chi connectivity index (χ3v) is 17.4. The third-order valence-electron chi connectivity index (χ3n) is 17.4. The molecule has 11 rings (SSSR count). The lowest BCUT2D eigenvalue weighted by Gasteiger charge is -2.46. The van der Waals surface area contributed by atoms with Gasteiger partial charge in [0.05, 0.1) is 5.69 Å². The van der Waals surface area contributed by atoms with Crippen LogP contribution in [0.1, 0.15) is 168 Å². The number of rotatable bonds is 5. The Morgan fingerprint density at radius 2 is 0.857 bits per heavy atom. The number of hydrogen-bond donors (Lipinski definition) is 0. The standard InChI is InChI=1S/C73H82BN3/c1-45-38-50(71(12,13)14)39-46(2)67(45)75(52-29-24-47(25-30-52)68(3,4)5)55-34-36-60-63(44-55)76(53-31-26-48(27-32-53)69(6,7)8)64-41-51(72(15,16)17)42-65-66(64)74(60)61-40-49(70(9,10)11)28-37-62(61)77(65)54-33-35-57-56-22-20-21-23-58(56)73(18,19)59(57)43-54/h20-44H,1-19H3. The minimum atomic E-state index is -0.154. The van der Waals surface area contributed by atoms with E-state index in [4.69, 9.17) is 0 Å². The molecule has 2 heterocycles. The molecule has 2 aliphatic heterocycles. The Bertz CT molecular complexity index is 3630. The van der Waals surface area contributed by atoms with E-state index in [9.17, 15) is 0 Å². The molecule has 392 valence electrons. The van der Waals surface area contributed by atoms with E-state index in [0.717, 1.165) is 17.1 Å². The Morgan fingerprint density at radius 1 is 0.377 bits per heavy atom. The monoisotopic (exact) mass is 1010 g/mol. The molecular formula is C73H82BN3. The molecule has 0 aromatic heterocycles. The van der Waals surface area contributed by atoms with Crippen LogP contribution in [0.25, 0.3) is 11.1 Å². The topological polar surface area (TPSA) is 9.72 Å². The molecule has 0 bridgehead atoms. The van der Waals surface area contributed by atoms with Crippen LogP contribution in [-0.4, -0.2) is 6.71 Å². The molecule has 0 atom stereocenters. The molecule has 1 aliphatic carbocycles. The van der Waals surface area contributed by atoms with E-state index in [1.54, 1.807) is 0 Å². The van der Waals surface area contributed by atoms with Gasteiger partial charge in [-0.2, -0.15) is 0 Å². The van der Waals surface area contributed by atoms with E-state index >= 15 is 0 Å². The van der Waals surface area contributed by atoms with Gasteiger partial charge < -0.3 is 14.7 Å². The summed E-state index contributed by atoms with van der Waals surface area (Å²) in [7, 11) is 0. The minimum Gasteiger partial charge on any atom is -0.311 e. The van der Waals surface area contributed by atoms with Gasteiger partial charge in [-0.3, -0.25) is 0 Å². The van der Waals surface area contributed by atoms with E-state index in [-0.39, 0.29) is 39.2 Å². The van der Waals surface area contributed by atoms with Crippen molar-refractivity contribution in [3.8, 4) is 11.1 Å². The molecule has 0 amide bonds. The predicted octanol–water partition coefficient (Wildman–Crippen LogP) is 18.6. The zero-order chi connectivity index (χ0) is 55.3. The molecule has 3 nitrogen and oxygen atoms in total. The van der Waals surface area contributed by atoms with E-state index in [1.807, 2.05) is 0 Å². The number of hydrogen-bond acceptors (Lipinski definition) is 3. The number of benzene rings is 8. The summed E-state index contributed by atoms with van der Waals surface area (Å²) < 4.78 is 0. The Kier molecular flexibility index (Phi) is 12.0. The Morgan fingerprint density at radius 3 is 1.43 bits per heavy atom. The summed E-state index contributed by atoms with van der Waals surface area (Å²) in [6, 6.07) is 59.9. The van der Waals surface area contributed by atoms with E-state index in [1.165, 1.54) is 112 Å². The predicted molar refractivity (Wildman–Crippen MR) is 336 cm³/mol. The normalized spacial score (nSPS) is 14.7. The third kappa shape index (κ3) is 8.74. The second-order valence-corrected chi connectivity index (χ2v) is 28.6. The Labute approximate surface area is 463 Å². The first kappa shape index (κ1) is 52.3. The number of nitrogens with zero attached hydrogens (tertiary/aromatic N) is 3. The van der Waals surface area contributed by atoms with Gasteiger partial charge in [0.1, 0.15) is 0 Å². The lowest BCUT2D eigenvalue weighted by Crippen LogP contribution is -2.61. The molecule has 0 fully saturated rings. The van der Waals surface area contributed by atoms with Crippen LogP contribution in [-0.2, 0) is 32.5 Å². The van der Waals surface area contributed by atoms with Crippen molar-refractivity contribution in [3.05, 3.63) is 202 Å². The van der Waals surface area contributed by atoms with Gasteiger partial charge in [-0.1, -0.05) is 203 Å². The minimum absolute atomic E-state index is 0.00395. The zero-order valence-electron chi connectivity index (χ0n) is 49.9. The SMILES string of the molecule is Cc1cc(C(C)(C)C)cc(C)c1N(c1ccc(C(C)(C)C)cc1)c1ccc2c(c1)N(c1ccc(C(C)(C)C)cc1)c1cc(C(C)(C)C)cc3c1B2c1cc(C(C)(C)C)ccc1N3c1ccc2c(c1)C(C)(C)c1ccccc1-2. The smallest absolute Gasteiger partial charge is 0.252 e. The second kappa shape index (κ2) is 17.6. The highest BCUT2D eigenvalue weighted by atomic mass is 15.2. The quantitative estimate of drug-likeness (QED) is 0.159. The van der Waals surface area contributed by atoms with Gasteiger partial charge in [0.15, 0.2) is 0 Å². The van der Waals surface area contributed by atoms with Gasteiger partial charge in [0.25, 0.3) is 6.71 Å². The maximum absolute atomic E-state index is 2.63. The number of fused-ring (bicyclic) bond motifs is 7. The molecule has 0 N–H and O–H groups in total. The summed E-state index contributed by atoms with van der Waals surface area (Å²) in [4.78, 5) is 7.79. The van der Waals surface area contributed by atoms with Gasteiger partial charge in [-0.05, 0) is 185 Å². The summed E-state index contributed by atoms with van der Waals surface area (Å²) in [5.74, 6) is 0. The van der Waals surface area contributed by atoms with E-state index in [2.05, 4.69) is 298 Å². The molecular weight excluding hydrogens is 930 g/mol. The average molecular weight is 1010 g/mol. The fraction of sp³-hybridized carbons (Fsp3) is 0.342. The van der Waals surface area contributed by atoms with Crippen molar-refractivity contribution < 1.29 is 0 Å². The molecule has 0 saturated carbocycles. The Hall–Kier alpha value is -6.78. The summed E-state index contributed by atoms with van der Waals surface area (Å²) in [6.07, 6.45) is 0. The lowest BCUT2D eigenvalue weighted by atomic mass is 9.33. The van der Waals surface area contributed by atoms with Gasteiger partial charge in [0, 0.05) is 50.9 Å². The molecule has 3 aliphatic rings. The maximum atomic E-state index is 2.63. The van der Waals surface area contributed by atoms with Gasteiger partial charge in [-0.25, -0.2) is 0 Å². The van der Waals surface area contributed by atoms with Crippen molar-refractivity contribution in [2.45, 2.75) is 164 Å². The number of anilines is 9. The fourth-order valence-electron chi connectivity index (χ4n) is 12.8. The highest BCUT2D eigenvalue weighted by Crippen LogP contribution is 2.53. The number of aryl methyl sites for hydroxylation is 2. The van der Waals surface area contributed by atoms with Gasteiger partial charge in [0.2, 0.25) is 0 Å². The van der Waals surface area contributed by atoms with Crippen molar-refractivity contribution in [2.75, 3.05) is 14.7 Å². The first-order chi connectivity index (χ1) is 35.9. The van der Waals surface area contributed by atoms with Crippen LogP contribution in [0.2, 0.25) is 0 Å². The largest absolute Gasteiger partial charge is 0.311 e. The maximum Gasteiger partial charge on any atom is 0.252 e.